The van der Waals surface area contributed by atoms with E-state index in [4.69, 9.17) is 27.9 Å². The van der Waals surface area contributed by atoms with Crippen LogP contribution in [0.1, 0.15) is 18.7 Å². The van der Waals surface area contributed by atoms with Gasteiger partial charge in [0, 0.05) is 45.5 Å². The molecule has 30 heavy (non-hydrogen) atoms. The zero-order valence-corrected chi connectivity index (χ0v) is 19.2. The summed E-state index contributed by atoms with van der Waals surface area (Å²) in [7, 11) is -2.02. The first-order valence-electron chi connectivity index (χ1n) is 9.66. The summed E-state index contributed by atoms with van der Waals surface area (Å²) in [6.45, 7) is 3.52. The first-order valence-corrected chi connectivity index (χ1v) is 11.9. The number of likely N-dealkylation sites (tertiary alicyclic amines) is 1. The third kappa shape index (κ3) is 6.09. The number of rotatable bonds is 8. The number of β-amino-alcohol motifs (C(OH)–C–C–N with tert-alkyl or cyclic N) is 1. The second kappa shape index (κ2) is 9.84. The van der Waals surface area contributed by atoms with Gasteiger partial charge in [0.25, 0.3) is 10.0 Å². The molecule has 8 nitrogen and oxygen atoms in total. The molecule has 0 unspecified atom stereocenters. The number of aliphatic hydroxyl groups is 1. The van der Waals surface area contributed by atoms with Gasteiger partial charge in [-0.2, -0.15) is 0 Å². The molecule has 2 aromatic rings. The number of aliphatic hydroxyl groups excluding tert-OH is 1. The van der Waals surface area contributed by atoms with Crippen LogP contribution in [0, 0.1) is 6.92 Å². The van der Waals surface area contributed by atoms with Crippen molar-refractivity contribution in [3.8, 4) is 5.75 Å². The van der Waals surface area contributed by atoms with E-state index in [2.05, 4.69) is 14.6 Å². The fraction of sp³-hybridized carbons (Fsp3) is 0.526. The molecule has 3 rings (SSSR count). The van der Waals surface area contributed by atoms with Gasteiger partial charge in [-0.3, -0.25) is 0 Å². The van der Waals surface area contributed by atoms with Crippen molar-refractivity contribution in [2.75, 3.05) is 26.2 Å². The number of benzene rings is 1. The Bertz CT molecular complexity index is 955. The highest BCUT2D eigenvalue weighted by molar-refractivity contribution is 7.89. The minimum Gasteiger partial charge on any atom is -0.490 e. The molecule has 1 aliphatic heterocycles. The monoisotopic (exact) mass is 476 g/mol. The van der Waals surface area contributed by atoms with E-state index in [1.807, 2.05) is 0 Å². The Morgan fingerprint density at radius 1 is 1.30 bits per heavy atom. The highest BCUT2D eigenvalue weighted by atomic mass is 35.5. The molecule has 1 aromatic heterocycles. The van der Waals surface area contributed by atoms with Crippen LogP contribution in [0.25, 0.3) is 0 Å². The summed E-state index contributed by atoms with van der Waals surface area (Å²) in [6.07, 6.45) is 2.28. The predicted molar refractivity (Wildman–Crippen MR) is 116 cm³/mol. The number of nitrogens with zero attached hydrogens (tertiary/aromatic N) is 3. The quantitative estimate of drug-likeness (QED) is 0.606. The Balaban J connectivity index is 1.42. The lowest BCUT2D eigenvalue weighted by molar-refractivity contribution is 0.0630. The number of hydrogen-bond acceptors (Lipinski definition) is 6. The van der Waals surface area contributed by atoms with E-state index in [1.54, 1.807) is 36.7 Å². The summed E-state index contributed by atoms with van der Waals surface area (Å²) < 4.78 is 34.6. The summed E-state index contributed by atoms with van der Waals surface area (Å²) in [5.74, 6) is 1.28. The molecule has 0 bridgehead atoms. The third-order valence-corrected chi connectivity index (χ3v) is 7.10. The van der Waals surface area contributed by atoms with Crippen molar-refractivity contribution in [1.29, 1.82) is 0 Å². The molecule has 1 saturated heterocycles. The van der Waals surface area contributed by atoms with Crippen molar-refractivity contribution in [2.45, 2.75) is 37.0 Å². The minimum absolute atomic E-state index is 0.0463. The van der Waals surface area contributed by atoms with Crippen molar-refractivity contribution < 1.29 is 18.3 Å². The summed E-state index contributed by atoms with van der Waals surface area (Å²) in [4.78, 5) is 6.12. The third-order valence-electron chi connectivity index (χ3n) is 5.07. The molecule has 1 aliphatic rings. The minimum atomic E-state index is -3.75. The number of halogens is 2. The number of ether oxygens (including phenoxy) is 1. The maximum absolute atomic E-state index is 12.3. The van der Waals surface area contributed by atoms with Gasteiger partial charge >= 0.3 is 0 Å². The average molecular weight is 477 g/mol. The zero-order valence-electron chi connectivity index (χ0n) is 16.9. The predicted octanol–water partition coefficient (Wildman–Crippen LogP) is 2.22. The van der Waals surface area contributed by atoms with Crippen LogP contribution in [0.15, 0.2) is 29.4 Å². The van der Waals surface area contributed by atoms with Gasteiger partial charge in [-0.15, -0.1) is 0 Å². The van der Waals surface area contributed by atoms with E-state index in [1.165, 1.54) is 6.20 Å². The van der Waals surface area contributed by atoms with Gasteiger partial charge in [0.2, 0.25) is 0 Å². The summed E-state index contributed by atoms with van der Waals surface area (Å²) >= 11 is 11.9. The molecule has 0 saturated carbocycles. The van der Waals surface area contributed by atoms with Gasteiger partial charge in [-0.25, -0.2) is 18.1 Å². The molecule has 0 radical (unpaired) electrons. The SMILES string of the molecule is Cc1nc(S(=O)(=O)NC[C@H](O)CN2CCC(Oc3ccc(Cl)c(Cl)c3)CC2)cn1C. The molecule has 0 spiro atoms. The molecular formula is C19H26Cl2N4O4S. The first kappa shape index (κ1) is 23.3. The fourth-order valence-electron chi connectivity index (χ4n) is 3.25. The maximum atomic E-state index is 12.3. The van der Waals surface area contributed by atoms with E-state index in [0.29, 0.717) is 28.2 Å². The standard InChI is InChI=1S/C19H26Cl2N4O4S/c1-13-23-19(12-24(13)2)30(27,28)22-10-14(26)11-25-7-5-15(6-8-25)29-16-3-4-17(20)18(21)9-16/h3-4,9,12,14-15,22,26H,5-8,10-11H2,1-2H3/t14-/m0/s1. The largest absolute Gasteiger partial charge is 0.490 e. The Morgan fingerprint density at radius 3 is 2.60 bits per heavy atom. The number of piperidine rings is 1. The van der Waals surface area contributed by atoms with Crippen LogP contribution in [-0.4, -0.2) is 66.4 Å². The molecule has 2 N–H and O–H groups in total. The lowest BCUT2D eigenvalue weighted by atomic mass is 10.1. The van der Waals surface area contributed by atoms with Crippen LogP contribution in [-0.2, 0) is 17.1 Å². The van der Waals surface area contributed by atoms with Gasteiger partial charge in [0.15, 0.2) is 5.03 Å². The Hall–Kier alpha value is -1.36. The summed E-state index contributed by atoms with van der Waals surface area (Å²) in [5.41, 5.74) is 0. The lowest BCUT2D eigenvalue weighted by Crippen LogP contribution is -2.45. The van der Waals surface area contributed by atoms with Gasteiger partial charge in [0.1, 0.15) is 17.7 Å². The van der Waals surface area contributed by atoms with Crippen LogP contribution in [0.4, 0.5) is 0 Å². The lowest BCUT2D eigenvalue weighted by Gasteiger charge is -2.33. The molecule has 1 aromatic carbocycles. The molecular weight excluding hydrogens is 451 g/mol. The molecule has 166 valence electrons. The van der Waals surface area contributed by atoms with E-state index in [0.717, 1.165) is 25.9 Å². The number of aryl methyl sites for hydroxylation is 2. The number of nitrogens with one attached hydrogen (secondary N) is 1. The van der Waals surface area contributed by atoms with Crippen molar-refractivity contribution in [3.63, 3.8) is 0 Å². The zero-order chi connectivity index (χ0) is 21.9. The van der Waals surface area contributed by atoms with Crippen LogP contribution >= 0.6 is 23.2 Å². The number of aromatic nitrogens is 2. The molecule has 1 fully saturated rings. The van der Waals surface area contributed by atoms with Crippen LogP contribution in [0.5, 0.6) is 5.75 Å². The van der Waals surface area contributed by atoms with Crippen molar-refractivity contribution in [1.82, 2.24) is 19.2 Å². The molecule has 2 heterocycles. The number of hydrogen-bond donors (Lipinski definition) is 2. The van der Waals surface area contributed by atoms with Gasteiger partial charge in [-0.1, -0.05) is 23.2 Å². The Kier molecular flexibility index (Phi) is 7.65. The highest BCUT2D eigenvalue weighted by Gasteiger charge is 2.24. The summed E-state index contributed by atoms with van der Waals surface area (Å²) in [6, 6.07) is 5.20. The van der Waals surface area contributed by atoms with Crippen molar-refractivity contribution in [3.05, 3.63) is 40.3 Å². The number of imidazole rings is 1. The maximum Gasteiger partial charge on any atom is 0.259 e. The number of sulfonamides is 1. The molecule has 0 amide bonds. The van der Waals surface area contributed by atoms with Gasteiger partial charge in [-0.05, 0) is 31.9 Å². The fourth-order valence-corrected chi connectivity index (χ4v) is 4.65. The van der Waals surface area contributed by atoms with E-state index < -0.39 is 16.1 Å². The van der Waals surface area contributed by atoms with Crippen LogP contribution in [0.2, 0.25) is 10.0 Å². The van der Waals surface area contributed by atoms with Crippen LogP contribution in [0.3, 0.4) is 0 Å². The highest BCUT2D eigenvalue weighted by Crippen LogP contribution is 2.28. The summed E-state index contributed by atoms with van der Waals surface area (Å²) in [5, 5.41) is 11.2. The smallest absolute Gasteiger partial charge is 0.259 e. The van der Waals surface area contributed by atoms with Crippen LogP contribution < -0.4 is 9.46 Å². The topological polar surface area (TPSA) is 96.7 Å². The Morgan fingerprint density at radius 2 is 2.00 bits per heavy atom. The van der Waals surface area contributed by atoms with Gasteiger partial charge in [0.05, 0.1) is 16.1 Å². The molecule has 0 aliphatic carbocycles. The first-order chi connectivity index (χ1) is 14.1. The van der Waals surface area contributed by atoms with E-state index in [9.17, 15) is 13.5 Å². The molecule has 11 heteroatoms. The van der Waals surface area contributed by atoms with E-state index in [-0.39, 0.29) is 17.7 Å². The normalized spacial score (nSPS) is 17.2. The van der Waals surface area contributed by atoms with Gasteiger partial charge < -0.3 is 19.3 Å². The average Bonchev–Trinajstić information content (AvgIpc) is 3.04. The second-order valence-corrected chi connectivity index (χ2v) is 9.96. The molecule has 1 atom stereocenters. The Labute approximate surface area is 186 Å². The second-order valence-electron chi connectivity index (χ2n) is 7.44. The van der Waals surface area contributed by atoms with E-state index >= 15 is 0 Å². The van der Waals surface area contributed by atoms with Crippen molar-refractivity contribution in [2.24, 2.45) is 7.05 Å². The van der Waals surface area contributed by atoms with Crippen molar-refractivity contribution >= 4 is 33.2 Å².